The Kier molecular flexibility index (Phi) is 3.17. The molecule has 2 aromatic heterocycles. The summed E-state index contributed by atoms with van der Waals surface area (Å²) in [6.45, 7) is 0.818. The Bertz CT molecular complexity index is 506. The standard InChI is InChI=1S/C11H11BrN4S/c12-7-1-4-9(14-5-7)11-16-15-10(17-11)6-13-8-2-3-8/h1,4-5,8,13H,2-3,6H2. The normalized spacial score (nSPS) is 15.1. The highest BCUT2D eigenvalue weighted by Crippen LogP contribution is 2.24. The Morgan fingerprint density at radius 2 is 2.24 bits per heavy atom. The lowest BCUT2D eigenvalue weighted by Crippen LogP contribution is -2.14. The molecule has 6 heteroatoms. The molecule has 4 nitrogen and oxygen atoms in total. The fourth-order valence-electron chi connectivity index (χ4n) is 1.45. The fourth-order valence-corrected chi connectivity index (χ4v) is 2.45. The van der Waals surface area contributed by atoms with Crippen LogP contribution >= 0.6 is 27.3 Å². The van der Waals surface area contributed by atoms with Crippen molar-refractivity contribution in [1.29, 1.82) is 0 Å². The molecule has 0 aliphatic heterocycles. The van der Waals surface area contributed by atoms with Crippen molar-refractivity contribution < 1.29 is 0 Å². The van der Waals surface area contributed by atoms with E-state index in [-0.39, 0.29) is 0 Å². The molecule has 0 saturated heterocycles. The van der Waals surface area contributed by atoms with E-state index >= 15 is 0 Å². The molecular formula is C11H11BrN4S. The average molecular weight is 311 g/mol. The third-order valence-corrected chi connectivity index (χ3v) is 3.95. The first-order valence-corrected chi connectivity index (χ1v) is 7.10. The summed E-state index contributed by atoms with van der Waals surface area (Å²) in [5.74, 6) is 0. The number of aromatic nitrogens is 3. The maximum Gasteiger partial charge on any atom is 0.166 e. The lowest BCUT2D eigenvalue weighted by Gasteiger charge is -1.96. The van der Waals surface area contributed by atoms with Gasteiger partial charge in [0.1, 0.15) is 10.7 Å². The molecule has 0 bridgehead atoms. The van der Waals surface area contributed by atoms with Crippen molar-refractivity contribution >= 4 is 27.3 Å². The largest absolute Gasteiger partial charge is 0.308 e. The lowest BCUT2D eigenvalue weighted by atomic mass is 10.4. The highest BCUT2D eigenvalue weighted by Gasteiger charge is 2.20. The van der Waals surface area contributed by atoms with Gasteiger partial charge in [0.25, 0.3) is 0 Å². The van der Waals surface area contributed by atoms with E-state index < -0.39 is 0 Å². The quantitative estimate of drug-likeness (QED) is 0.943. The number of hydrogen-bond acceptors (Lipinski definition) is 5. The molecule has 2 aromatic rings. The average Bonchev–Trinajstić information content (AvgIpc) is 3.06. The predicted molar refractivity (Wildman–Crippen MR) is 70.7 cm³/mol. The van der Waals surface area contributed by atoms with Gasteiger partial charge in [-0.1, -0.05) is 11.3 Å². The molecule has 3 rings (SSSR count). The van der Waals surface area contributed by atoms with Crippen LogP contribution in [0.2, 0.25) is 0 Å². The van der Waals surface area contributed by atoms with E-state index in [1.54, 1.807) is 17.5 Å². The maximum atomic E-state index is 4.31. The van der Waals surface area contributed by atoms with Crippen LogP contribution in [0.15, 0.2) is 22.8 Å². The lowest BCUT2D eigenvalue weighted by molar-refractivity contribution is 0.679. The molecule has 1 N–H and O–H groups in total. The second kappa shape index (κ2) is 4.80. The van der Waals surface area contributed by atoms with Gasteiger partial charge < -0.3 is 5.32 Å². The molecule has 0 unspecified atom stereocenters. The smallest absolute Gasteiger partial charge is 0.166 e. The van der Waals surface area contributed by atoms with Crippen molar-refractivity contribution in [1.82, 2.24) is 20.5 Å². The van der Waals surface area contributed by atoms with Crippen LogP contribution in [0.25, 0.3) is 10.7 Å². The number of rotatable bonds is 4. The van der Waals surface area contributed by atoms with Crippen LogP contribution in [0, 0.1) is 0 Å². The summed E-state index contributed by atoms with van der Waals surface area (Å²) in [6, 6.07) is 4.61. The van der Waals surface area contributed by atoms with Gasteiger partial charge in [0.15, 0.2) is 5.01 Å². The minimum Gasteiger partial charge on any atom is -0.308 e. The summed E-state index contributed by atoms with van der Waals surface area (Å²) in [5.41, 5.74) is 0.878. The van der Waals surface area contributed by atoms with Crippen LogP contribution in [0.1, 0.15) is 17.8 Å². The third kappa shape index (κ3) is 2.88. The second-order valence-electron chi connectivity index (χ2n) is 4.02. The minimum absolute atomic E-state index is 0.702. The second-order valence-corrected chi connectivity index (χ2v) is 6.00. The summed E-state index contributed by atoms with van der Waals surface area (Å²) in [7, 11) is 0. The highest BCUT2D eigenvalue weighted by molar-refractivity contribution is 9.10. The van der Waals surface area contributed by atoms with E-state index in [1.807, 2.05) is 12.1 Å². The topological polar surface area (TPSA) is 50.7 Å². The molecule has 2 heterocycles. The van der Waals surface area contributed by atoms with Crippen LogP contribution in [-0.2, 0) is 6.54 Å². The summed E-state index contributed by atoms with van der Waals surface area (Å²) in [4.78, 5) is 4.31. The van der Waals surface area contributed by atoms with Gasteiger partial charge in [0.2, 0.25) is 0 Å². The molecule has 0 aromatic carbocycles. The molecule has 17 heavy (non-hydrogen) atoms. The van der Waals surface area contributed by atoms with Crippen LogP contribution in [-0.4, -0.2) is 21.2 Å². The van der Waals surface area contributed by atoms with E-state index in [9.17, 15) is 0 Å². The number of nitrogens with zero attached hydrogens (tertiary/aromatic N) is 3. The monoisotopic (exact) mass is 310 g/mol. The van der Waals surface area contributed by atoms with Gasteiger partial charge in [-0.2, -0.15) is 0 Å². The van der Waals surface area contributed by atoms with E-state index in [1.165, 1.54) is 12.8 Å². The van der Waals surface area contributed by atoms with Crippen LogP contribution in [0.3, 0.4) is 0 Å². The molecular weight excluding hydrogens is 300 g/mol. The van der Waals surface area contributed by atoms with Gasteiger partial charge in [-0.3, -0.25) is 4.98 Å². The summed E-state index contributed by atoms with van der Waals surface area (Å²) < 4.78 is 0.974. The van der Waals surface area contributed by atoms with Crippen molar-refractivity contribution in [2.24, 2.45) is 0 Å². The van der Waals surface area contributed by atoms with Gasteiger partial charge in [0.05, 0.1) is 0 Å². The van der Waals surface area contributed by atoms with Gasteiger partial charge in [-0.25, -0.2) is 0 Å². The summed E-state index contributed by atoms with van der Waals surface area (Å²) >= 11 is 4.96. The van der Waals surface area contributed by atoms with E-state index in [2.05, 4.69) is 36.4 Å². The SMILES string of the molecule is Brc1ccc(-c2nnc(CNC3CC3)s2)nc1. The number of nitrogens with one attached hydrogen (secondary N) is 1. The molecule has 0 atom stereocenters. The molecule has 1 aliphatic carbocycles. The fraction of sp³-hybridized carbons (Fsp3) is 0.364. The van der Waals surface area contributed by atoms with Gasteiger partial charge in [-0.05, 0) is 40.9 Å². The third-order valence-electron chi connectivity index (χ3n) is 2.53. The Morgan fingerprint density at radius 1 is 1.35 bits per heavy atom. The Balaban J connectivity index is 1.72. The molecule has 0 spiro atoms. The highest BCUT2D eigenvalue weighted by atomic mass is 79.9. The zero-order valence-electron chi connectivity index (χ0n) is 9.06. The Hall–Kier alpha value is -0.850. The molecule has 1 fully saturated rings. The van der Waals surface area contributed by atoms with Crippen molar-refractivity contribution in [3.63, 3.8) is 0 Å². The van der Waals surface area contributed by atoms with Crippen molar-refractivity contribution in [2.45, 2.75) is 25.4 Å². The van der Waals surface area contributed by atoms with E-state index in [4.69, 9.17) is 0 Å². The number of pyridine rings is 1. The van der Waals surface area contributed by atoms with Crippen molar-refractivity contribution in [3.8, 4) is 10.7 Å². The van der Waals surface area contributed by atoms with Gasteiger partial charge in [-0.15, -0.1) is 10.2 Å². The Labute approximate surface area is 112 Å². The van der Waals surface area contributed by atoms with Crippen LogP contribution in [0.4, 0.5) is 0 Å². The summed E-state index contributed by atoms with van der Waals surface area (Å²) in [6.07, 6.45) is 4.36. The van der Waals surface area contributed by atoms with Gasteiger partial charge >= 0.3 is 0 Å². The first-order chi connectivity index (χ1) is 8.31. The molecule has 1 aliphatic rings. The Morgan fingerprint density at radius 3 is 2.94 bits per heavy atom. The first kappa shape index (κ1) is 11.3. The molecule has 0 radical (unpaired) electrons. The molecule has 0 amide bonds. The summed E-state index contributed by atoms with van der Waals surface area (Å²) in [5, 5.41) is 13.7. The minimum atomic E-state index is 0.702. The zero-order chi connectivity index (χ0) is 11.7. The molecule has 88 valence electrons. The first-order valence-electron chi connectivity index (χ1n) is 5.49. The van der Waals surface area contributed by atoms with Crippen molar-refractivity contribution in [3.05, 3.63) is 27.8 Å². The van der Waals surface area contributed by atoms with E-state index in [0.717, 1.165) is 26.7 Å². The number of hydrogen-bond donors (Lipinski definition) is 1. The van der Waals surface area contributed by atoms with E-state index in [0.29, 0.717) is 6.04 Å². The van der Waals surface area contributed by atoms with Crippen LogP contribution in [0.5, 0.6) is 0 Å². The molecule has 1 saturated carbocycles. The maximum absolute atomic E-state index is 4.31. The van der Waals surface area contributed by atoms with Crippen LogP contribution < -0.4 is 5.32 Å². The predicted octanol–water partition coefficient (Wildman–Crippen LogP) is 2.61. The number of halogens is 1. The van der Waals surface area contributed by atoms with Crippen molar-refractivity contribution in [2.75, 3.05) is 0 Å². The zero-order valence-corrected chi connectivity index (χ0v) is 11.5. The van der Waals surface area contributed by atoms with Gasteiger partial charge in [0, 0.05) is 23.3 Å².